The van der Waals surface area contributed by atoms with Gasteiger partial charge >= 0.3 is 0 Å². The summed E-state index contributed by atoms with van der Waals surface area (Å²) in [6, 6.07) is 14.2. The molecule has 0 saturated heterocycles. The Labute approximate surface area is 140 Å². The monoisotopic (exact) mass is 328 g/mol. The number of aryl methyl sites for hydroxylation is 1. The smallest absolute Gasteiger partial charge is 0.276 e. The van der Waals surface area contributed by atoms with Crippen LogP contribution in [0, 0.1) is 6.92 Å². The van der Waals surface area contributed by atoms with Gasteiger partial charge in [0.25, 0.3) is 11.8 Å². The van der Waals surface area contributed by atoms with Crippen molar-refractivity contribution in [2.75, 3.05) is 13.2 Å². The van der Waals surface area contributed by atoms with Crippen LogP contribution in [0.15, 0.2) is 48.5 Å². The Morgan fingerprint density at radius 1 is 1.00 bits per heavy atom. The van der Waals surface area contributed by atoms with Gasteiger partial charge in [-0.1, -0.05) is 24.3 Å². The van der Waals surface area contributed by atoms with Crippen LogP contribution in [0.1, 0.15) is 22.8 Å². The number of ether oxygens (including phenoxy) is 2. The van der Waals surface area contributed by atoms with Crippen LogP contribution in [-0.4, -0.2) is 25.0 Å². The van der Waals surface area contributed by atoms with Gasteiger partial charge in [-0.15, -0.1) is 0 Å². The molecule has 0 spiro atoms. The van der Waals surface area contributed by atoms with Crippen molar-refractivity contribution in [2.24, 2.45) is 0 Å². The molecule has 0 aromatic heterocycles. The Morgan fingerprint density at radius 2 is 1.79 bits per heavy atom. The van der Waals surface area contributed by atoms with Gasteiger partial charge in [0.15, 0.2) is 6.61 Å². The van der Waals surface area contributed by atoms with Crippen LogP contribution >= 0.6 is 0 Å². The Balaban J connectivity index is 1.84. The maximum Gasteiger partial charge on any atom is 0.276 e. The number of hydrogen-bond acceptors (Lipinski definition) is 4. The normalized spacial score (nSPS) is 9.92. The van der Waals surface area contributed by atoms with Crippen LogP contribution in [0.3, 0.4) is 0 Å². The fourth-order valence-electron chi connectivity index (χ4n) is 2.02. The first-order chi connectivity index (χ1) is 11.6. The highest BCUT2D eigenvalue weighted by Gasteiger charge is 2.12. The van der Waals surface area contributed by atoms with E-state index in [1.165, 1.54) is 0 Å². The van der Waals surface area contributed by atoms with Gasteiger partial charge in [-0.2, -0.15) is 0 Å². The summed E-state index contributed by atoms with van der Waals surface area (Å²) in [4.78, 5) is 23.9. The molecular weight excluding hydrogens is 308 g/mol. The van der Waals surface area contributed by atoms with Crippen molar-refractivity contribution in [1.29, 1.82) is 0 Å². The lowest BCUT2D eigenvalue weighted by atomic mass is 10.2. The molecule has 0 fully saturated rings. The molecule has 6 heteroatoms. The second-order valence-electron chi connectivity index (χ2n) is 5.04. The van der Waals surface area contributed by atoms with Gasteiger partial charge in [0.2, 0.25) is 0 Å². The minimum Gasteiger partial charge on any atom is -0.493 e. The molecule has 0 atom stereocenters. The number of amides is 2. The summed E-state index contributed by atoms with van der Waals surface area (Å²) in [5, 5.41) is 0. The molecule has 2 aromatic carbocycles. The van der Waals surface area contributed by atoms with Crippen molar-refractivity contribution in [1.82, 2.24) is 10.9 Å². The van der Waals surface area contributed by atoms with Gasteiger partial charge < -0.3 is 9.47 Å². The molecule has 0 aliphatic carbocycles. The van der Waals surface area contributed by atoms with Crippen molar-refractivity contribution in [3.8, 4) is 11.5 Å². The number of para-hydroxylation sites is 1. The van der Waals surface area contributed by atoms with E-state index in [1.807, 2.05) is 32.0 Å². The number of hydrogen-bond donors (Lipinski definition) is 2. The molecule has 2 rings (SSSR count). The van der Waals surface area contributed by atoms with E-state index in [2.05, 4.69) is 10.9 Å². The molecule has 0 saturated carbocycles. The van der Waals surface area contributed by atoms with Crippen LogP contribution in [0.2, 0.25) is 0 Å². The number of carbonyl (C=O) groups is 2. The summed E-state index contributed by atoms with van der Waals surface area (Å²) in [5.74, 6) is 0.141. The predicted molar refractivity (Wildman–Crippen MR) is 89.9 cm³/mol. The Morgan fingerprint density at radius 3 is 2.54 bits per heavy atom. The first kappa shape index (κ1) is 17.3. The van der Waals surface area contributed by atoms with Crippen molar-refractivity contribution in [3.63, 3.8) is 0 Å². The van der Waals surface area contributed by atoms with E-state index >= 15 is 0 Å². The summed E-state index contributed by atoms with van der Waals surface area (Å²) in [7, 11) is 0. The molecule has 126 valence electrons. The standard InChI is InChI=1S/C18H20N2O4/c1-3-23-16-10-5-4-9-15(16)18(22)20-19-17(21)12-24-14-8-6-7-13(2)11-14/h4-11H,3,12H2,1-2H3,(H,19,21)(H,20,22). The number of nitrogens with one attached hydrogen (secondary N) is 2. The third-order valence-electron chi connectivity index (χ3n) is 3.11. The fourth-order valence-corrected chi connectivity index (χ4v) is 2.02. The van der Waals surface area contributed by atoms with E-state index in [9.17, 15) is 9.59 Å². The lowest BCUT2D eigenvalue weighted by Crippen LogP contribution is -2.43. The lowest BCUT2D eigenvalue weighted by molar-refractivity contribution is -0.123. The zero-order valence-electron chi connectivity index (χ0n) is 13.7. The topological polar surface area (TPSA) is 76.7 Å². The maximum absolute atomic E-state index is 12.1. The Kier molecular flexibility index (Phi) is 6.19. The van der Waals surface area contributed by atoms with Crippen molar-refractivity contribution in [3.05, 3.63) is 59.7 Å². The van der Waals surface area contributed by atoms with Gasteiger partial charge in [0.05, 0.1) is 12.2 Å². The van der Waals surface area contributed by atoms with Crippen LogP contribution in [0.25, 0.3) is 0 Å². The highest BCUT2D eigenvalue weighted by atomic mass is 16.5. The molecule has 24 heavy (non-hydrogen) atoms. The zero-order valence-corrected chi connectivity index (χ0v) is 13.7. The van der Waals surface area contributed by atoms with Crippen molar-refractivity contribution in [2.45, 2.75) is 13.8 Å². The number of hydrazine groups is 1. The highest BCUT2D eigenvalue weighted by molar-refractivity contribution is 5.97. The molecule has 2 amide bonds. The highest BCUT2D eigenvalue weighted by Crippen LogP contribution is 2.17. The number of benzene rings is 2. The van der Waals surface area contributed by atoms with Gasteiger partial charge in [-0.3, -0.25) is 20.4 Å². The molecule has 0 radical (unpaired) electrons. The fraction of sp³-hybridized carbons (Fsp3) is 0.222. The second-order valence-corrected chi connectivity index (χ2v) is 5.04. The number of carbonyl (C=O) groups excluding carboxylic acids is 2. The summed E-state index contributed by atoms with van der Waals surface area (Å²) in [6.45, 7) is 4.01. The maximum atomic E-state index is 12.1. The molecule has 0 aliphatic rings. The summed E-state index contributed by atoms with van der Waals surface area (Å²) < 4.78 is 10.7. The SMILES string of the molecule is CCOc1ccccc1C(=O)NNC(=O)COc1cccc(C)c1. The van der Waals surface area contributed by atoms with Crippen LogP contribution in [0.4, 0.5) is 0 Å². The Hall–Kier alpha value is -3.02. The zero-order chi connectivity index (χ0) is 17.4. The van der Waals surface area contributed by atoms with Gasteiger partial charge in [0.1, 0.15) is 11.5 Å². The summed E-state index contributed by atoms with van der Waals surface area (Å²) >= 11 is 0. The van der Waals surface area contributed by atoms with Gasteiger partial charge in [0, 0.05) is 0 Å². The Bertz CT molecular complexity index is 716. The molecule has 2 N–H and O–H groups in total. The van der Waals surface area contributed by atoms with E-state index < -0.39 is 11.8 Å². The van der Waals surface area contributed by atoms with Crippen LogP contribution in [0.5, 0.6) is 11.5 Å². The molecule has 2 aromatic rings. The molecular formula is C18H20N2O4. The minimum absolute atomic E-state index is 0.198. The largest absolute Gasteiger partial charge is 0.493 e. The number of rotatable bonds is 6. The minimum atomic E-state index is -0.459. The van der Waals surface area contributed by atoms with Crippen LogP contribution in [-0.2, 0) is 4.79 Å². The molecule has 0 aliphatic heterocycles. The molecule has 0 bridgehead atoms. The quantitative estimate of drug-likeness (QED) is 0.797. The molecule has 0 heterocycles. The average molecular weight is 328 g/mol. The average Bonchev–Trinajstić information content (AvgIpc) is 2.59. The summed E-state index contributed by atoms with van der Waals surface area (Å²) in [6.07, 6.45) is 0. The predicted octanol–water partition coefficient (Wildman–Crippen LogP) is 2.23. The third kappa shape index (κ3) is 5.01. The van der Waals surface area contributed by atoms with E-state index in [0.29, 0.717) is 23.7 Å². The van der Waals surface area contributed by atoms with Gasteiger partial charge in [-0.05, 0) is 43.7 Å². The molecule has 6 nitrogen and oxygen atoms in total. The summed E-state index contributed by atoms with van der Waals surface area (Å²) in [5.41, 5.74) is 6.05. The van der Waals surface area contributed by atoms with Crippen LogP contribution < -0.4 is 20.3 Å². The van der Waals surface area contributed by atoms with Gasteiger partial charge in [-0.25, -0.2) is 0 Å². The molecule has 0 unspecified atom stereocenters. The first-order valence-electron chi connectivity index (χ1n) is 7.60. The van der Waals surface area contributed by atoms with E-state index in [4.69, 9.17) is 9.47 Å². The van der Waals surface area contributed by atoms with E-state index in [1.54, 1.807) is 30.3 Å². The lowest BCUT2D eigenvalue weighted by Gasteiger charge is -2.11. The van der Waals surface area contributed by atoms with Crippen molar-refractivity contribution >= 4 is 11.8 Å². The van der Waals surface area contributed by atoms with Crippen molar-refractivity contribution < 1.29 is 19.1 Å². The third-order valence-corrected chi connectivity index (χ3v) is 3.11. The first-order valence-corrected chi connectivity index (χ1v) is 7.60. The van der Waals surface area contributed by atoms with E-state index in [-0.39, 0.29) is 6.61 Å². The second kappa shape index (κ2) is 8.57. The van der Waals surface area contributed by atoms with E-state index in [0.717, 1.165) is 5.56 Å².